The molecule has 1 amide bonds. The van der Waals surface area contributed by atoms with Crippen molar-refractivity contribution >= 4 is 11.6 Å². The number of ether oxygens (including phenoxy) is 1. The Morgan fingerprint density at radius 3 is 2.96 bits per heavy atom. The molecular weight excluding hydrogens is 296 g/mol. The summed E-state index contributed by atoms with van der Waals surface area (Å²) in [6, 6.07) is 5.84. The topological polar surface area (TPSA) is 81.5 Å². The Kier molecular flexibility index (Phi) is 6.14. The molecule has 0 aliphatic heterocycles. The summed E-state index contributed by atoms with van der Waals surface area (Å²) < 4.78 is 5.48. The Bertz CT molecular complexity index is 598. The summed E-state index contributed by atoms with van der Waals surface area (Å²) in [4.78, 5) is 22.3. The Hall–Kier alpha value is -2.37. The van der Waals surface area contributed by atoms with Crippen LogP contribution in [0.5, 0.6) is 5.75 Å². The molecule has 6 nitrogen and oxygen atoms in total. The summed E-state index contributed by atoms with van der Waals surface area (Å²) in [6.07, 6.45) is 7.17. The number of nitro benzene ring substituents is 1. The molecule has 0 heterocycles. The van der Waals surface area contributed by atoms with Gasteiger partial charge in [-0.2, -0.15) is 0 Å². The van der Waals surface area contributed by atoms with E-state index in [4.69, 9.17) is 4.74 Å². The number of carbonyl (C=O) groups excluding carboxylic acids is 1. The number of nitrogens with zero attached hydrogens (tertiary/aromatic N) is 1. The molecule has 0 saturated heterocycles. The molecule has 0 saturated carbocycles. The summed E-state index contributed by atoms with van der Waals surface area (Å²) in [5, 5.41) is 13.6. The molecule has 23 heavy (non-hydrogen) atoms. The fraction of sp³-hybridized carbons (Fsp3) is 0.471. The van der Waals surface area contributed by atoms with Crippen LogP contribution in [0.3, 0.4) is 0 Å². The van der Waals surface area contributed by atoms with Gasteiger partial charge in [0.2, 0.25) is 0 Å². The van der Waals surface area contributed by atoms with Gasteiger partial charge in [-0.25, -0.2) is 0 Å². The second kappa shape index (κ2) is 8.31. The van der Waals surface area contributed by atoms with E-state index in [2.05, 4.69) is 11.4 Å². The van der Waals surface area contributed by atoms with Crippen LogP contribution in [0.2, 0.25) is 0 Å². The third-order valence-electron chi connectivity index (χ3n) is 3.84. The second-order valence-electron chi connectivity index (χ2n) is 5.66. The molecule has 6 heteroatoms. The van der Waals surface area contributed by atoms with Crippen LogP contribution in [0.4, 0.5) is 5.69 Å². The number of hydrogen-bond donors (Lipinski definition) is 1. The molecule has 1 aliphatic carbocycles. The van der Waals surface area contributed by atoms with Gasteiger partial charge < -0.3 is 10.1 Å². The van der Waals surface area contributed by atoms with E-state index in [1.54, 1.807) is 13.0 Å². The number of nitrogens with one attached hydrogen (secondary N) is 1. The number of benzene rings is 1. The van der Waals surface area contributed by atoms with Crippen LogP contribution in [0.25, 0.3) is 0 Å². The number of carbonyl (C=O) groups is 1. The summed E-state index contributed by atoms with van der Waals surface area (Å²) in [6.45, 7) is 2.22. The minimum Gasteiger partial charge on any atom is -0.481 e. The Morgan fingerprint density at radius 2 is 2.26 bits per heavy atom. The molecule has 1 aliphatic rings. The van der Waals surface area contributed by atoms with Gasteiger partial charge in [0.25, 0.3) is 11.6 Å². The second-order valence-corrected chi connectivity index (χ2v) is 5.66. The fourth-order valence-electron chi connectivity index (χ4n) is 2.55. The van der Waals surface area contributed by atoms with E-state index >= 15 is 0 Å². The lowest BCUT2D eigenvalue weighted by Gasteiger charge is -2.16. The van der Waals surface area contributed by atoms with Gasteiger partial charge in [0.05, 0.1) is 11.0 Å². The van der Waals surface area contributed by atoms with E-state index in [0.29, 0.717) is 12.3 Å². The van der Waals surface area contributed by atoms with Crippen molar-refractivity contribution in [3.63, 3.8) is 0 Å². The van der Waals surface area contributed by atoms with Crippen molar-refractivity contribution in [3.05, 3.63) is 46.0 Å². The average molecular weight is 318 g/mol. The lowest BCUT2D eigenvalue weighted by Crippen LogP contribution is -2.37. The van der Waals surface area contributed by atoms with E-state index in [0.717, 1.165) is 19.3 Å². The molecule has 0 aromatic heterocycles. The van der Waals surface area contributed by atoms with Crippen molar-refractivity contribution in [3.8, 4) is 5.75 Å². The fourth-order valence-corrected chi connectivity index (χ4v) is 2.55. The molecule has 1 aromatic rings. The molecule has 1 aromatic carbocycles. The molecule has 1 N–H and O–H groups in total. The Labute approximate surface area is 135 Å². The van der Waals surface area contributed by atoms with Crippen LogP contribution in [-0.4, -0.2) is 23.5 Å². The lowest BCUT2D eigenvalue weighted by atomic mass is 9.97. The standard InChI is InChI=1S/C17H22N2O4/c1-13(23-16-9-5-8-15(12-16)19(21)22)17(20)18-11-10-14-6-3-2-4-7-14/h5-6,8-9,12-13H,2-4,7,10-11H2,1H3,(H,18,20)/t13-/m0/s1. The predicted molar refractivity (Wildman–Crippen MR) is 87.4 cm³/mol. The maximum Gasteiger partial charge on any atom is 0.273 e. The number of allylic oxidation sites excluding steroid dienone is 1. The van der Waals surface area contributed by atoms with Crippen molar-refractivity contribution in [2.24, 2.45) is 0 Å². The smallest absolute Gasteiger partial charge is 0.273 e. The van der Waals surface area contributed by atoms with Gasteiger partial charge in [0.15, 0.2) is 6.10 Å². The largest absolute Gasteiger partial charge is 0.481 e. The maximum atomic E-state index is 12.0. The Morgan fingerprint density at radius 1 is 1.43 bits per heavy atom. The molecule has 124 valence electrons. The molecule has 0 unspecified atom stereocenters. The molecule has 0 bridgehead atoms. The first-order valence-electron chi connectivity index (χ1n) is 7.93. The number of nitro groups is 1. The van der Waals surface area contributed by atoms with Gasteiger partial charge in [0, 0.05) is 12.6 Å². The predicted octanol–water partition coefficient (Wildman–Crippen LogP) is 3.37. The summed E-state index contributed by atoms with van der Waals surface area (Å²) in [5.41, 5.74) is 1.35. The van der Waals surface area contributed by atoms with Crippen LogP contribution >= 0.6 is 0 Å². The van der Waals surface area contributed by atoms with Crippen molar-refractivity contribution < 1.29 is 14.5 Å². The van der Waals surface area contributed by atoms with E-state index < -0.39 is 11.0 Å². The van der Waals surface area contributed by atoms with Gasteiger partial charge in [-0.3, -0.25) is 14.9 Å². The number of amides is 1. The third-order valence-corrected chi connectivity index (χ3v) is 3.84. The zero-order valence-electron chi connectivity index (χ0n) is 13.3. The first-order chi connectivity index (χ1) is 11.1. The van der Waals surface area contributed by atoms with Crippen molar-refractivity contribution in [2.75, 3.05) is 6.54 Å². The SMILES string of the molecule is C[C@H](Oc1cccc([N+](=O)[O-])c1)C(=O)NCCC1=CCCCC1. The highest BCUT2D eigenvalue weighted by atomic mass is 16.6. The highest BCUT2D eigenvalue weighted by Gasteiger charge is 2.16. The lowest BCUT2D eigenvalue weighted by molar-refractivity contribution is -0.384. The van der Waals surface area contributed by atoms with Crippen molar-refractivity contribution in [1.29, 1.82) is 0 Å². The number of hydrogen-bond acceptors (Lipinski definition) is 4. The van der Waals surface area contributed by atoms with Gasteiger partial charge in [0.1, 0.15) is 5.75 Å². The van der Waals surface area contributed by atoms with E-state index in [1.165, 1.54) is 36.6 Å². The minimum atomic E-state index is -0.697. The van der Waals surface area contributed by atoms with E-state index in [-0.39, 0.29) is 11.6 Å². The van der Waals surface area contributed by atoms with Gasteiger partial charge in [-0.1, -0.05) is 17.7 Å². The molecule has 0 radical (unpaired) electrons. The van der Waals surface area contributed by atoms with Crippen LogP contribution in [0, 0.1) is 10.1 Å². The van der Waals surface area contributed by atoms with E-state index in [1.807, 2.05) is 0 Å². The molecule has 0 spiro atoms. The van der Waals surface area contributed by atoms with Crippen LogP contribution in [0.1, 0.15) is 39.0 Å². The molecular formula is C17H22N2O4. The Balaban J connectivity index is 1.79. The van der Waals surface area contributed by atoms with Crippen LogP contribution in [0.15, 0.2) is 35.9 Å². The van der Waals surface area contributed by atoms with Crippen LogP contribution in [-0.2, 0) is 4.79 Å². The highest BCUT2D eigenvalue weighted by molar-refractivity contribution is 5.80. The third kappa shape index (κ3) is 5.39. The quantitative estimate of drug-likeness (QED) is 0.475. The van der Waals surface area contributed by atoms with Gasteiger partial charge >= 0.3 is 0 Å². The zero-order valence-corrected chi connectivity index (χ0v) is 13.3. The maximum absolute atomic E-state index is 12.0. The highest BCUT2D eigenvalue weighted by Crippen LogP contribution is 2.21. The van der Waals surface area contributed by atoms with Crippen molar-refractivity contribution in [1.82, 2.24) is 5.32 Å². The molecule has 1 atom stereocenters. The van der Waals surface area contributed by atoms with Crippen LogP contribution < -0.4 is 10.1 Å². The number of rotatable bonds is 7. The van der Waals surface area contributed by atoms with E-state index in [9.17, 15) is 14.9 Å². The van der Waals surface area contributed by atoms with Crippen molar-refractivity contribution in [2.45, 2.75) is 45.1 Å². The first kappa shape index (κ1) is 17.0. The number of non-ortho nitro benzene ring substituents is 1. The summed E-state index contributed by atoms with van der Waals surface area (Å²) >= 11 is 0. The van der Waals surface area contributed by atoms with Gasteiger partial charge in [-0.05, 0) is 45.1 Å². The minimum absolute atomic E-state index is 0.0562. The first-order valence-corrected chi connectivity index (χ1v) is 7.93. The zero-order chi connectivity index (χ0) is 16.7. The monoisotopic (exact) mass is 318 g/mol. The molecule has 0 fully saturated rings. The normalized spacial score (nSPS) is 15.4. The van der Waals surface area contributed by atoms with Gasteiger partial charge in [-0.15, -0.1) is 0 Å². The average Bonchev–Trinajstić information content (AvgIpc) is 2.56. The molecule has 2 rings (SSSR count). The summed E-state index contributed by atoms with van der Waals surface area (Å²) in [5.74, 6) is 0.102. The summed E-state index contributed by atoms with van der Waals surface area (Å²) in [7, 11) is 0.